The van der Waals surface area contributed by atoms with Crippen molar-refractivity contribution in [3.63, 3.8) is 0 Å². The lowest BCUT2D eigenvalue weighted by Crippen LogP contribution is -2.35. The van der Waals surface area contributed by atoms with E-state index in [1.807, 2.05) is 18.3 Å². The van der Waals surface area contributed by atoms with Gasteiger partial charge in [0.05, 0.1) is 11.8 Å². The molecular formula is C23H27N5O. The van der Waals surface area contributed by atoms with Gasteiger partial charge in [-0.3, -0.25) is 9.89 Å². The highest BCUT2D eigenvalue weighted by Gasteiger charge is 2.27. The molecule has 0 spiro atoms. The van der Waals surface area contributed by atoms with Crippen LogP contribution in [0.3, 0.4) is 0 Å². The van der Waals surface area contributed by atoms with Crippen molar-refractivity contribution in [1.29, 1.82) is 0 Å². The molecule has 6 heteroatoms. The largest absolute Gasteiger partial charge is 0.356 e. The summed E-state index contributed by atoms with van der Waals surface area (Å²) in [5.74, 6) is 1.19. The van der Waals surface area contributed by atoms with Crippen LogP contribution in [-0.2, 0) is 0 Å². The molecule has 0 radical (unpaired) electrons. The summed E-state index contributed by atoms with van der Waals surface area (Å²) in [6, 6.07) is 12.2. The van der Waals surface area contributed by atoms with Gasteiger partial charge in [0.15, 0.2) is 0 Å². The first-order valence-electron chi connectivity index (χ1n) is 10.1. The van der Waals surface area contributed by atoms with E-state index in [1.165, 1.54) is 22.4 Å². The molecule has 0 bridgehead atoms. The highest BCUT2D eigenvalue weighted by Crippen LogP contribution is 2.35. The number of carbonyl (C=O) groups excluding carboxylic acids is 1. The summed E-state index contributed by atoms with van der Waals surface area (Å²) < 4.78 is 0. The standard InChI is InChI=1S/C23H27N5O/c1-16-6-4-7-18(14-16)20-15-25-26-21(20)17-9-12-28(13-10-17)22-19(8-5-11-24-22)23(29)27(2)3/h4-8,11,14-15,17H,9-10,12-13H2,1-3H3,(H,25,26). The van der Waals surface area contributed by atoms with Crippen LogP contribution < -0.4 is 4.90 Å². The van der Waals surface area contributed by atoms with Gasteiger partial charge in [0.25, 0.3) is 5.91 Å². The Labute approximate surface area is 171 Å². The zero-order valence-corrected chi connectivity index (χ0v) is 17.2. The maximum absolute atomic E-state index is 12.5. The number of hydrogen-bond acceptors (Lipinski definition) is 4. The van der Waals surface area contributed by atoms with E-state index in [0.29, 0.717) is 11.5 Å². The molecule has 3 heterocycles. The molecule has 1 amide bonds. The minimum absolute atomic E-state index is 0.00877. The average molecular weight is 390 g/mol. The maximum atomic E-state index is 12.5. The average Bonchev–Trinajstić information content (AvgIpc) is 3.23. The van der Waals surface area contributed by atoms with Crippen LogP contribution >= 0.6 is 0 Å². The molecule has 2 aromatic heterocycles. The molecule has 0 atom stereocenters. The molecule has 1 aliphatic rings. The first-order valence-corrected chi connectivity index (χ1v) is 10.1. The summed E-state index contributed by atoms with van der Waals surface area (Å²) in [6.07, 6.45) is 5.68. The minimum atomic E-state index is -0.00877. The normalized spacial score (nSPS) is 14.8. The molecular weight excluding hydrogens is 362 g/mol. The molecule has 0 saturated carbocycles. The van der Waals surface area contributed by atoms with Crippen molar-refractivity contribution < 1.29 is 4.79 Å². The second-order valence-electron chi connectivity index (χ2n) is 7.90. The Morgan fingerprint density at radius 1 is 1.17 bits per heavy atom. The Bertz CT molecular complexity index is 1000. The summed E-state index contributed by atoms with van der Waals surface area (Å²) >= 11 is 0. The van der Waals surface area contributed by atoms with Gasteiger partial charge in [-0.05, 0) is 37.5 Å². The number of hydrogen-bond donors (Lipinski definition) is 1. The summed E-state index contributed by atoms with van der Waals surface area (Å²) in [7, 11) is 3.55. The summed E-state index contributed by atoms with van der Waals surface area (Å²) in [5, 5.41) is 7.58. The van der Waals surface area contributed by atoms with E-state index in [1.54, 1.807) is 25.2 Å². The third-order valence-corrected chi connectivity index (χ3v) is 5.62. The van der Waals surface area contributed by atoms with Gasteiger partial charge in [-0.2, -0.15) is 5.10 Å². The van der Waals surface area contributed by atoms with Crippen molar-refractivity contribution in [2.45, 2.75) is 25.7 Å². The number of aromatic amines is 1. The van der Waals surface area contributed by atoms with Gasteiger partial charge in [-0.25, -0.2) is 4.98 Å². The van der Waals surface area contributed by atoms with Crippen molar-refractivity contribution in [3.05, 3.63) is 65.6 Å². The number of anilines is 1. The van der Waals surface area contributed by atoms with E-state index < -0.39 is 0 Å². The number of rotatable bonds is 4. The number of amides is 1. The van der Waals surface area contributed by atoms with Gasteiger partial charge in [0.2, 0.25) is 0 Å². The molecule has 1 aromatic carbocycles. The minimum Gasteiger partial charge on any atom is -0.356 e. The van der Waals surface area contributed by atoms with Gasteiger partial charge >= 0.3 is 0 Å². The molecule has 1 fully saturated rings. The smallest absolute Gasteiger partial charge is 0.257 e. The van der Waals surface area contributed by atoms with Gasteiger partial charge in [-0.1, -0.05) is 29.8 Å². The third kappa shape index (κ3) is 3.88. The predicted octanol–water partition coefficient (Wildman–Crippen LogP) is 3.87. The fourth-order valence-electron chi connectivity index (χ4n) is 4.09. The monoisotopic (exact) mass is 389 g/mol. The molecule has 4 rings (SSSR count). The van der Waals surface area contributed by atoms with E-state index in [-0.39, 0.29) is 5.91 Å². The molecule has 1 saturated heterocycles. The van der Waals surface area contributed by atoms with Crippen LogP contribution in [-0.4, -0.2) is 53.2 Å². The van der Waals surface area contributed by atoms with Crippen LogP contribution in [0.5, 0.6) is 0 Å². The topological polar surface area (TPSA) is 65.1 Å². The molecule has 1 N–H and O–H groups in total. The second-order valence-corrected chi connectivity index (χ2v) is 7.90. The van der Waals surface area contributed by atoms with Gasteiger partial charge < -0.3 is 9.80 Å². The summed E-state index contributed by atoms with van der Waals surface area (Å²) in [4.78, 5) is 20.9. The second kappa shape index (κ2) is 8.07. The number of pyridine rings is 1. The molecule has 6 nitrogen and oxygen atoms in total. The number of nitrogens with zero attached hydrogens (tertiary/aromatic N) is 4. The molecule has 0 unspecified atom stereocenters. The summed E-state index contributed by atoms with van der Waals surface area (Å²) in [6.45, 7) is 3.84. The Morgan fingerprint density at radius 2 is 1.97 bits per heavy atom. The predicted molar refractivity (Wildman–Crippen MR) is 115 cm³/mol. The van der Waals surface area contributed by atoms with Crippen LogP contribution in [0.1, 0.15) is 40.4 Å². The molecule has 3 aromatic rings. The van der Waals surface area contributed by atoms with Crippen molar-refractivity contribution in [2.75, 3.05) is 32.1 Å². The van der Waals surface area contributed by atoms with Gasteiger partial charge in [-0.15, -0.1) is 0 Å². The number of aromatic nitrogens is 3. The van der Waals surface area contributed by atoms with Crippen molar-refractivity contribution in [3.8, 4) is 11.1 Å². The van der Waals surface area contributed by atoms with Crippen LogP contribution in [0.25, 0.3) is 11.1 Å². The SMILES string of the molecule is Cc1cccc(-c2cn[nH]c2C2CCN(c3ncccc3C(=O)N(C)C)CC2)c1. The van der Waals surface area contributed by atoms with Crippen molar-refractivity contribution in [1.82, 2.24) is 20.1 Å². The number of aryl methyl sites for hydroxylation is 1. The number of nitrogens with one attached hydrogen (secondary N) is 1. The lowest BCUT2D eigenvalue weighted by Gasteiger charge is -2.33. The third-order valence-electron chi connectivity index (χ3n) is 5.62. The fourth-order valence-corrected chi connectivity index (χ4v) is 4.09. The Balaban J connectivity index is 1.52. The van der Waals surface area contributed by atoms with Gasteiger partial charge in [0, 0.05) is 50.6 Å². The number of piperidine rings is 1. The van der Waals surface area contributed by atoms with Crippen LogP contribution in [0.2, 0.25) is 0 Å². The Morgan fingerprint density at radius 3 is 2.69 bits per heavy atom. The molecule has 150 valence electrons. The zero-order valence-electron chi connectivity index (χ0n) is 17.2. The quantitative estimate of drug-likeness (QED) is 0.736. The molecule has 29 heavy (non-hydrogen) atoms. The number of H-pyrrole nitrogens is 1. The number of benzene rings is 1. The Kier molecular flexibility index (Phi) is 5.34. The molecule has 0 aliphatic carbocycles. The van der Waals surface area contributed by atoms with Crippen LogP contribution in [0, 0.1) is 6.92 Å². The Hall–Kier alpha value is -3.15. The lowest BCUT2D eigenvalue weighted by atomic mass is 9.89. The molecule has 1 aliphatic heterocycles. The number of carbonyl (C=O) groups is 1. The van der Waals surface area contributed by atoms with E-state index in [2.05, 4.69) is 51.3 Å². The first kappa shape index (κ1) is 19.2. The van der Waals surface area contributed by atoms with Crippen LogP contribution in [0.4, 0.5) is 5.82 Å². The van der Waals surface area contributed by atoms with E-state index >= 15 is 0 Å². The van der Waals surface area contributed by atoms with E-state index in [9.17, 15) is 4.79 Å². The first-order chi connectivity index (χ1) is 14.0. The van der Waals surface area contributed by atoms with Crippen molar-refractivity contribution >= 4 is 11.7 Å². The van der Waals surface area contributed by atoms with E-state index in [4.69, 9.17) is 0 Å². The van der Waals surface area contributed by atoms with Crippen molar-refractivity contribution in [2.24, 2.45) is 0 Å². The fraction of sp³-hybridized carbons (Fsp3) is 0.348. The summed E-state index contributed by atoms with van der Waals surface area (Å²) in [5.41, 5.74) is 5.52. The van der Waals surface area contributed by atoms with Crippen LogP contribution in [0.15, 0.2) is 48.8 Å². The van der Waals surface area contributed by atoms with Gasteiger partial charge in [0.1, 0.15) is 5.82 Å². The van der Waals surface area contributed by atoms with E-state index in [0.717, 1.165) is 31.7 Å². The highest BCUT2D eigenvalue weighted by atomic mass is 16.2. The zero-order chi connectivity index (χ0) is 20.4. The highest BCUT2D eigenvalue weighted by molar-refractivity contribution is 5.98. The maximum Gasteiger partial charge on any atom is 0.257 e. The lowest BCUT2D eigenvalue weighted by molar-refractivity contribution is 0.0827.